The van der Waals surface area contributed by atoms with Gasteiger partial charge in [-0.3, -0.25) is 9.69 Å². The zero-order chi connectivity index (χ0) is 16.5. The van der Waals surface area contributed by atoms with Gasteiger partial charge >= 0.3 is 0 Å². The van der Waals surface area contributed by atoms with Gasteiger partial charge in [0.05, 0.1) is 17.1 Å². The van der Waals surface area contributed by atoms with E-state index in [1.165, 1.54) is 11.8 Å². The van der Waals surface area contributed by atoms with Crippen molar-refractivity contribution in [2.45, 2.75) is 21.1 Å². The Kier molecular flexibility index (Phi) is 4.35. The van der Waals surface area contributed by atoms with Gasteiger partial charge in [-0.1, -0.05) is 47.8 Å². The van der Waals surface area contributed by atoms with Gasteiger partial charge in [0.2, 0.25) is 5.91 Å². The van der Waals surface area contributed by atoms with Gasteiger partial charge in [-0.2, -0.15) is 0 Å². The number of amides is 1. The first-order valence-electron chi connectivity index (χ1n) is 7.46. The van der Waals surface area contributed by atoms with Crippen LogP contribution in [0, 0.1) is 6.92 Å². The topological polar surface area (TPSA) is 33.2 Å². The van der Waals surface area contributed by atoms with E-state index < -0.39 is 0 Å². The summed E-state index contributed by atoms with van der Waals surface area (Å²) < 4.78 is 0.939. The molecule has 0 unspecified atom stereocenters. The van der Waals surface area contributed by atoms with Gasteiger partial charge < -0.3 is 0 Å². The predicted molar refractivity (Wildman–Crippen MR) is 102 cm³/mol. The summed E-state index contributed by atoms with van der Waals surface area (Å²) >= 11 is 4.80. The Morgan fingerprint density at radius 1 is 1.08 bits per heavy atom. The Morgan fingerprint density at radius 2 is 1.71 bits per heavy atom. The third-order valence-electron chi connectivity index (χ3n) is 3.60. The molecule has 0 atom stereocenters. The van der Waals surface area contributed by atoms with Gasteiger partial charge in [-0.05, 0) is 31.2 Å². The number of thioether (sulfide) groups is 1. The third kappa shape index (κ3) is 2.97. The van der Waals surface area contributed by atoms with Gasteiger partial charge in [0, 0.05) is 20.9 Å². The molecule has 1 aromatic heterocycles. The summed E-state index contributed by atoms with van der Waals surface area (Å²) in [4.78, 5) is 21.5. The molecule has 0 aliphatic carbocycles. The summed E-state index contributed by atoms with van der Waals surface area (Å²) in [5.74, 6) is 0.452. The molecule has 2 heterocycles. The van der Waals surface area contributed by atoms with Crippen LogP contribution < -0.4 is 4.90 Å². The number of hydrogen-bond acceptors (Lipinski definition) is 5. The summed E-state index contributed by atoms with van der Waals surface area (Å²) in [5.41, 5.74) is 2.92. The number of hydrogen-bond donors (Lipinski definition) is 0. The Morgan fingerprint density at radius 3 is 2.29 bits per heavy atom. The van der Waals surface area contributed by atoms with Crippen LogP contribution in [-0.2, 0) is 4.79 Å². The van der Waals surface area contributed by atoms with E-state index in [4.69, 9.17) is 0 Å². The van der Waals surface area contributed by atoms with Gasteiger partial charge in [0.25, 0.3) is 0 Å². The number of anilines is 2. The minimum Gasteiger partial charge on any atom is -0.278 e. The number of carbonyl (C=O) groups is 1. The number of thiazole rings is 1. The zero-order valence-corrected chi connectivity index (χ0v) is 15.4. The second-order valence-corrected chi connectivity index (χ2v) is 8.47. The molecule has 0 radical (unpaired) electrons. The van der Waals surface area contributed by atoms with Crippen LogP contribution in [0.2, 0.25) is 0 Å². The minimum absolute atomic E-state index is 0.0769. The molecule has 2 aromatic carbocycles. The summed E-state index contributed by atoms with van der Waals surface area (Å²) in [6, 6.07) is 16.1. The average Bonchev–Trinajstić information content (AvgIpc) is 3.03. The molecule has 1 aliphatic heterocycles. The lowest BCUT2D eigenvalue weighted by atomic mass is 10.2. The Bertz CT molecular complexity index is 861. The second kappa shape index (κ2) is 6.63. The molecule has 0 spiro atoms. The maximum Gasteiger partial charge on any atom is 0.242 e. The lowest BCUT2D eigenvalue weighted by Gasteiger charge is -2.30. The maximum atomic E-state index is 13.0. The van der Waals surface area contributed by atoms with Crippen LogP contribution in [0.25, 0.3) is 0 Å². The lowest BCUT2D eigenvalue weighted by Crippen LogP contribution is -2.29. The SMILES string of the molecule is Cc1csc(SCC(=O)N2c3ccccc3Sc3ccccc32)n1. The first kappa shape index (κ1) is 15.7. The number of rotatable bonds is 3. The molecule has 0 saturated heterocycles. The van der Waals surface area contributed by atoms with Crippen molar-refractivity contribution in [1.82, 2.24) is 4.98 Å². The first-order chi connectivity index (χ1) is 11.7. The Hall–Kier alpha value is -1.76. The second-order valence-electron chi connectivity index (χ2n) is 5.31. The van der Waals surface area contributed by atoms with Crippen LogP contribution in [0.4, 0.5) is 11.4 Å². The molecule has 3 aromatic rings. The predicted octanol–water partition coefficient (Wildman–Crippen LogP) is 5.37. The Balaban J connectivity index is 1.65. The van der Waals surface area contributed by atoms with Gasteiger partial charge in [-0.25, -0.2) is 4.98 Å². The van der Waals surface area contributed by atoms with Crippen LogP contribution in [0.15, 0.2) is 68.0 Å². The molecule has 4 rings (SSSR count). The van der Waals surface area contributed by atoms with E-state index in [0.29, 0.717) is 5.75 Å². The maximum absolute atomic E-state index is 13.0. The molecule has 0 N–H and O–H groups in total. The fourth-order valence-corrected chi connectivity index (χ4v) is 5.32. The number of carbonyl (C=O) groups excluding carboxylic acids is 1. The van der Waals surface area contributed by atoms with Crippen molar-refractivity contribution in [2.24, 2.45) is 0 Å². The fourth-order valence-electron chi connectivity index (χ4n) is 2.56. The van der Waals surface area contributed by atoms with Crippen LogP contribution in [-0.4, -0.2) is 16.6 Å². The third-order valence-corrected chi connectivity index (χ3v) is 6.85. The molecular formula is C18H14N2OS3. The normalized spacial score (nSPS) is 12.6. The summed E-state index contributed by atoms with van der Waals surface area (Å²) in [6.45, 7) is 1.97. The van der Waals surface area contributed by atoms with E-state index in [9.17, 15) is 4.79 Å². The van der Waals surface area contributed by atoms with Gasteiger partial charge in [0.15, 0.2) is 4.34 Å². The quantitative estimate of drug-likeness (QED) is 0.580. The van der Waals surface area contributed by atoms with Gasteiger partial charge in [-0.15, -0.1) is 11.3 Å². The molecule has 3 nitrogen and oxygen atoms in total. The highest BCUT2D eigenvalue weighted by atomic mass is 32.2. The number of benzene rings is 2. The van der Waals surface area contributed by atoms with E-state index in [0.717, 1.165) is 31.2 Å². The largest absolute Gasteiger partial charge is 0.278 e. The van der Waals surface area contributed by atoms with E-state index in [1.807, 2.05) is 53.6 Å². The number of fused-ring (bicyclic) bond motifs is 2. The average molecular weight is 371 g/mol. The van der Waals surface area contributed by atoms with Crippen molar-refractivity contribution in [3.63, 3.8) is 0 Å². The van der Waals surface area contributed by atoms with Crippen molar-refractivity contribution < 1.29 is 4.79 Å². The van der Waals surface area contributed by atoms with Crippen molar-refractivity contribution in [2.75, 3.05) is 10.7 Å². The molecule has 120 valence electrons. The first-order valence-corrected chi connectivity index (χ1v) is 10.1. The lowest BCUT2D eigenvalue weighted by molar-refractivity contribution is -0.115. The Labute approximate surface area is 153 Å². The van der Waals surface area contributed by atoms with Crippen LogP contribution in [0.5, 0.6) is 0 Å². The highest BCUT2D eigenvalue weighted by Crippen LogP contribution is 2.48. The number of aryl methyl sites for hydroxylation is 1. The van der Waals surface area contributed by atoms with Crippen molar-refractivity contribution in [3.05, 3.63) is 59.6 Å². The van der Waals surface area contributed by atoms with Crippen molar-refractivity contribution in [3.8, 4) is 0 Å². The smallest absolute Gasteiger partial charge is 0.242 e. The summed E-state index contributed by atoms with van der Waals surface area (Å²) in [7, 11) is 0. The fraction of sp³-hybridized carbons (Fsp3) is 0.111. The van der Waals surface area contributed by atoms with Crippen molar-refractivity contribution in [1.29, 1.82) is 0 Å². The monoisotopic (exact) mass is 370 g/mol. The molecule has 0 bridgehead atoms. The molecule has 1 amide bonds. The van der Waals surface area contributed by atoms with Crippen molar-refractivity contribution >= 4 is 52.1 Å². The molecule has 1 aliphatic rings. The zero-order valence-electron chi connectivity index (χ0n) is 12.9. The number of para-hydroxylation sites is 2. The van der Waals surface area contributed by atoms with Crippen LogP contribution in [0.1, 0.15) is 5.69 Å². The summed E-state index contributed by atoms with van der Waals surface area (Å²) in [6.07, 6.45) is 0. The molecule has 6 heteroatoms. The van der Waals surface area contributed by atoms with E-state index in [-0.39, 0.29) is 5.91 Å². The van der Waals surface area contributed by atoms with E-state index in [2.05, 4.69) is 17.1 Å². The summed E-state index contributed by atoms with van der Waals surface area (Å²) in [5, 5.41) is 2.01. The standard InChI is InChI=1S/C18H14N2OS3/c1-12-10-22-18(19-12)23-11-17(21)20-13-6-2-4-8-15(13)24-16-9-5-3-7-14(16)20/h2-10H,11H2,1H3. The van der Waals surface area contributed by atoms with Gasteiger partial charge in [0.1, 0.15) is 0 Å². The number of nitrogens with zero attached hydrogens (tertiary/aromatic N) is 2. The van der Waals surface area contributed by atoms with Crippen LogP contribution >= 0.6 is 34.9 Å². The van der Waals surface area contributed by atoms with Crippen LogP contribution in [0.3, 0.4) is 0 Å². The van der Waals surface area contributed by atoms with E-state index in [1.54, 1.807) is 23.1 Å². The molecular weight excluding hydrogens is 356 g/mol. The number of aromatic nitrogens is 1. The molecule has 24 heavy (non-hydrogen) atoms. The molecule has 0 fully saturated rings. The highest BCUT2D eigenvalue weighted by molar-refractivity contribution is 8.01. The highest BCUT2D eigenvalue weighted by Gasteiger charge is 2.27. The molecule has 0 saturated carbocycles. The minimum atomic E-state index is 0.0769. The van der Waals surface area contributed by atoms with E-state index >= 15 is 0 Å².